The van der Waals surface area contributed by atoms with Crippen molar-refractivity contribution in [1.29, 1.82) is 0 Å². The largest absolute Gasteiger partial charge is 0.435 e. The Bertz CT molecular complexity index is 1030. The van der Waals surface area contributed by atoms with E-state index in [4.69, 9.17) is 4.42 Å². The van der Waals surface area contributed by atoms with Crippen LogP contribution in [0, 0.1) is 4.91 Å². The van der Waals surface area contributed by atoms with Crippen LogP contribution in [-0.4, -0.2) is 26.4 Å². The van der Waals surface area contributed by atoms with Crippen LogP contribution < -0.4 is 5.43 Å². The van der Waals surface area contributed by atoms with Crippen LogP contribution in [0.15, 0.2) is 51.1 Å². The molecule has 3 heterocycles. The lowest BCUT2D eigenvalue weighted by molar-refractivity contribution is 0.570. The van der Waals surface area contributed by atoms with Crippen molar-refractivity contribution < 1.29 is 4.42 Å². The van der Waals surface area contributed by atoms with Crippen molar-refractivity contribution in [3.8, 4) is 0 Å². The molecule has 9 heteroatoms. The fourth-order valence-corrected chi connectivity index (χ4v) is 2.18. The standard InChI is InChI=1S/C14H9N7O2/c22-21-11-6-5-8(23-11)7-15-19-14-17-13-12(18-20-14)9-3-1-2-4-10(9)16-13/h1-7H,(H2,16,17,19,20)/b15-7+. The fourth-order valence-electron chi connectivity index (χ4n) is 2.18. The molecule has 4 rings (SSSR count). The molecule has 0 atom stereocenters. The lowest BCUT2D eigenvalue weighted by Gasteiger charge is -1.96. The summed E-state index contributed by atoms with van der Waals surface area (Å²) in [5.41, 5.74) is 4.90. The second kappa shape index (κ2) is 5.30. The van der Waals surface area contributed by atoms with Crippen LogP contribution in [-0.2, 0) is 0 Å². The van der Waals surface area contributed by atoms with Gasteiger partial charge in [0.25, 0.3) is 11.8 Å². The maximum absolute atomic E-state index is 10.3. The van der Waals surface area contributed by atoms with Crippen LogP contribution in [0.1, 0.15) is 5.76 Å². The number of hydrazone groups is 1. The number of benzene rings is 1. The first-order valence-electron chi connectivity index (χ1n) is 6.67. The molecule has 0 unspecified atom stereocenters. The second-order valence-electron chi connectivity index (χ2n) is 4.64. The van der Waals surface area contributed by atoms with Gasteiger partial charge in [-0.1, -0.05) is 18.2 Å². The van der Waals surface area contributed by atoms with E-state index >= 15 is 0 Å². The molecule has 0 aliphatic rings. The Morgan fingerprint density at radius 1 is 1.17 bits per heavy atom. The van der Waals surface area contributed by atoms with E-state index in [1.807, 2.05) is 24.3 Å². The van der Waals surface area contributed by atoms with E-state index < -0.39 is 0 Å². The van der Waals surface area contributed by atoms with Gasteiger partial charge in [-0.3, -0.25) is 0 Å². The van der Waals surface area contributed by atoms with Crippen LogP contribution in [0.2, 0.25) is 0 Å². The molecule has 0 spiro atoms. The predicted molar refractivity (Wildman–Crippen MR) is 84.6 cm³/mol. The van der Waals surface area contributed by atoms with Crippen LogP contribution in [0.25, 0.3) is 22.1 Å². The Labute approximate surface area is 128 Å². The number of nitroso groups, excluding NO2 is 1. The summed E-state index contributed by atoms with van der Waals surface area (Å²) in [7, 11) is 0. The molecule has 0 aliphatic carbocycles. The molecular formula is C14H9N7O2. The summed E-state index contributed by atoms with van der Waals surface area (Å²) in [6, 6.07) is 10.8. The summed E-state index contributed by atoms with van der Waals surface area (Å²) in [5.74, 6) is 0.608. The summed E-state index contributed by atoms with van der Waals surface area (Å²) in [6.45, 7) is 0. The number of anilines is 1. The monoisotopic (exact) mass is 307 g/mol. The maximum Gasteiger partial charge on any atom is 0.265 e. The number of fused-ring (bicyclic) bond motifs is 3. The topological polar surface area (TPSA) is 121 Å². The maximum atomic E-state index is 10.3. The molecule has 0 amide bonds. The van der Waals surface area contributed by atoms with Gasteiger partial charge in [-0.15, -0.1) is 15.1 Å². The van der Waals surface area contributed by atoms with E-state index in [-0.39, 0.29) is 11.8 Å². The molecule has 9 nitrogen and oxygen atoms in total. The minimum absolute atomic E-state index is 0.0103. The van der Waals surface area contributed by atoms with Crippen molar-refractivity contribution >= 4 is 40.1 Å². The van der Waals surface area contributed by atoms with Gasteiger partial charge in [0.1, 0.15) is 11.3 Å². The molecule has 2 N–H and O–H groups in total. The highest BCUT2D eigenvalue weighted by Gasteiger charge is 2.08. The van der Waals surface area contributed by atoms with Gasteiger partial charge in [0, 0.05) is 22.1 Å². The number of aromatic amines is 1. The van der Waals surface area contributed by atoms with E-state index in [1.54, 1.807) is 6.07 Å². The van der Waals surface area contributed by atoms with Crippen molar-refractivity contribution in [3.05, 3.63) is 47.1 Å². The highest BCUT2D eigenvalue weighted by Crippen LogP contribution is 2.21. The van der Waals surface area contributed by atoms with Crippen LogP contribution in [0.3, 0.4) is 0 Å². The van der Waals surface area contributed by atoms with Gasteiger partial charge in [-0.2, -0.15) is 10.1 Å². The molecule has 0 radical (unpaired) electrons. The molecule has 0 bridgehead atoms. The summed E-state index contributed by atoms with van der Waals surface area (Å²) in [5, 5.41) is 15.7. The number of nitrogens with zero attached hydrogens (tertiary/aromatic N) is 5. The van der Waals surface area contributed by atoms with Crippen molar-refractivity contribution in [3.63, 3.8) is 0 Å². The third-order valence-electron chi connectivity index (χ3n) is 3.18. The zero-order chi connectivity index (χ0) is 15.6. The highest BCUT2D eigenvalue weighted by molar-refractivity contribution is 6.03. The van der Waals surface area contributed by atoms with Gasteiger partial charge >= 0.3 is 0 Å². The van der Waals surface area contributed by atoms with Crippen LogP contribution >= 0.6 is 0 Å². The average molecular weight is 307 g/mol. The zero-order valence-electron chi connectivity index (χ0n) is 11.6. The molecule has 1 aromatic carbocycles. The Balaban J connectivity index is 1.59. The number of furan rings is 1. The molecule has 0 aliphatic heterocycles. The smallest absolute Gasteiger partial charge is 0.265 e. The summed E-state index contributed by atoms with van der Waals surface area (Å²) >= 11 is 0. The van der Waals surface area contributed by atoms with Gasteiger partial charge in [0.2, 0.25) is 0 Å². The van der Waals surface area contributed by atoms with Gasteiger partial charge in [-0.25, -0.2) is 5.43 Å². The van der Waals surface area contributed by atoms with E-state index in [9.17, 15) is 4.91 Å². The number of rotatable bonds is 4. The second-order valence-corrected chi connectivity index (χ2v) is 4.64. The summed E-state index contributed by atoms with van der Waals surface area (Å²) < 4.78 is 5.05. The molecule has 0 saturated carbocycles. The first-order valence-corrected chi connectivity index (χ1v) is 6.67. The number of aromatic nitrogens is 4. The van der Waals surface area contributed by atoms with E-state index in [0.717, 1.165) is 10.9 Å². The third kappa shape index (κ3) is 2.39. The van der Waals surface area contributed by atoms with Crippen LogP contribution in [0.5, 0.6) is 0 Å². The predicted octanol–water partition coefficient (Wildman–Crippen LogP) is 2.94. The fraction of sp³-hybridized carbons (Fsp3) is 0. The lowest BCUT2D eigenvalue weighted by atomic mass is 10.2. The number of H-pyrrole nitrogens is 1. The van der Waals surface area contributed by atoms with Gasteiger partial charge in [0.05, 0.1) is 6.21 Å². The molecule has 0 saturated heterocycles. The summed E-state index contributed by atoms with van der Waals surface area (Å²) in [6.07, 6.45) is 1.38. The third-order valence-corrected chi connectivity index (χ3v) is 3.18. The quantitative estimate of drug-likeness (QED) is 0.339. The summed E-state index contributed by atoms with van der Waals surface area (Å²) in [4.78, 5) is 17.8. The molecule has 3 aromatic heterocycles. The van der Waals surface area contributed by atoms with Gasteiger partial charge < -0.3 is 9.40 Å². The van der Waals surface area contributed by atoms with Gasteiger partial charge in [-0.05, 0) is 12.1 Å². The number of hydrogen-bond donors (Lipinski definition) is 2. The van der Waals surface area contributed by atoms with E-state index in [1.165, 1.54) is 12.3 Å². The van der Waals surface area contributed by atoms with Gasteiger partial charge in [0.15, 0.2) is 5.65 Å². The van der Waals surface area contributed by atoms with Crippen molar-refractivity contribution in [1.82, 2.24) is 20.2 Å². The lowest BCUT2D eigenvalue weighted by Crippen LogP contribution is -1.98. The SMILES string of the molecule is O=Nc1ccc(/C=N/Nc2nnc3c(n2)[nH]c2ccccc23)o1. The number of hydrogen-bond acceptors (Lipinski definition) is 8. The minimum Gasteiger partial charge on any atom is -0.435 e. The Morgan fingerprint density at radius 2 is 2.09 bits per heavy atom. The molecule has 23 heavy (non-hydrogen) atoms. The first-order chi connectivity index (χ1) is 11.3. The molecular weight excluding hydrogens is 298 g/mol. The van der Waals surface area contributed by atoms with Crippen molar-refractivity contribution in [2.75, 3.05) is 5.43 Å². The zero-order valence-corrected chi connectivity index (χ0v) is 11.6. The van der Waals surface area contributed by atoms with E-state index in [2.05, 4.69) is 35.9 Å². The number of para-hydroxylation sites is 1. The highest BCUT2D eigenvalue weighted by atomic mass is 16.4. The molecule has 0 fully saturated rings. The van der Waals surface area contributed by atoms with Crippen molar-refractivity contribution in [2.45, 2.75) is 0 Å². The van der Waals surface area contributed by atoms with Crippen LogP contribution in [0.4, 0.5) is 11.8 Å². The number of nitrogens with one attached hydrogen (secondary N) is 2. The molecule has 112 valence electrons. The van der Waals surface area contributed by atoms with E-state index in [0.29, 0.717) is 16.9 Å². The Hall–Kier alpha value is -3.62. The Morgan fingerprint density at radius 3 is 2.96 bits per heavy atom. The molecule has 4 aromatic rings. The first kappa shape index (κ1) is 13.1. The normalized spacial score (nSPS) is 11.5. The average Bonchev–Trinajstić information content (AvgIpc) is 3.18. The Kier molecular flexibility index (Phi) is 3.01. The van der Waals surface area contributed by atoms with Crippen molar-refractivity contribution in [2.24, 2.45) is 10.3 Å². The minimum atomic E-state index is -0.0103.